The van der Waals surface area contributed by atoms with E-state index in [1.54, 1.807) is 0 Å². The van der Waals surface area contributed by atoms with Crippen LogP contribution in [0.25, 0.3) is 0 Å². The summed E-state index contributed by atoms with van der Waals surface area (Å²) in [4.78, 5) is 25.4. The third-order valence-corrected chi connectivity index (χ3v) is 11.5. The van der Waals surface area contributed by atoms with Crippen LogP contribution in [-0.4, -0.2) is 11.6 Å². The Morgan fingerprint density at radius 2 is 1.61 bits per heavy atom. The van der Waals surface area contributed by atoms with Gasteiger partial charge >= 0.3 is 0 Å². The maximum absolute atomic E-state index is 13.3. The number of carbonyl (C=O) groups excluding carboxylic acids is 2. The first-order chi connectivity index (χ1) is 14.6. The maximum atomic E-state index is 13.3. The van der Waals surface area contributed by atoms with Crippen molar-refractivity contribution in [2.75, 3.05) is 0 Å². The Hall–Kier alpha value is -0.660. The van der Waals surface area contributed by atoms with E-state index in [4.69, 9.17) is 0 Å². The minimum Gasteiger partial charge on any atom is -0.300 e. The molecule has 4 fully saturated rings. The summed E-state index contributed by atoms with van der Waals surface area (Å²) in [5.74, 6) is 6.05. The number of rotatable bonds is 6. The fraction of sp³-hybridized carbons (Fsp3) is 0.931. The average molecular weight is 429 g/mol. The van der Waals surface area contributed by atoms with E-state index < -0.39 is 0 Å². The highest BCUT2D eigenvalue weighted by atomic mass is 16.1. The van der Waals surface area contributed by atoms with Gasteiger partial charge in [-0.15, -0.1) is 0 Å². The summed E-state index contributed by atoms with van der Waals surface area (Å²) in [5, 5.41) is 0. The molecule has 0 N–H and O–H groups in total. The summed E-state index contributed by atoms with van der Waals surface area (Å²) in [6.07, 6.45) is 12.4. The van der Waals surface area contributed by atoms with Crippen LogP contribution < -0.4 is 0 Å². The highest BCUT2D eigenvalue weighted by Gasteiger charge is 2.62. The van der Waals surface area contributed by atoms with E-state index in [0.717, 1.165) is 42.4 Å². The SMILES string of the molecule is CCC(CC[C@@H](C)[C@H]1CC[C@H]2[C@@H]3CC(=O)C4CC(=O)CC[C@]4(C)[C@H]3CC[C@]12C)C(C)C. The van der Waals surface area contributed by atoms with Gasteiger partial charge in [-0.05, 0) is 90.8 Å². The fourth-order valence-corrected chi connectivity index (χ4v) is 9.50. The molecule has 176 valence electrons. The molecule has 0 spiro atoms. The molecule has 0 saturated heterocycles. The van der Waals surface area contributed by atoms with Crippen LogP contribution in [0.4, 0.5) is 0 Å². The molecule has 4 aliphatic rings. The van der Waals surface area contributed by atoms with Gasteiger partial charge in [0.25, 0.3) is 0 Å². The zero-order valence-corrected chi connectivity index (χ0v) is 21.2. The first kappa shape index (κ1) is 23.5. The van der Waals surface area contributed by atoms with Gasteiger partial charge in [0.1, 0.15) is 11.6 Å². The van der Waals surface area contributed by atoms with Gasteiger partial charge in [0.15, 0.2) is 0 Å². The molecule has 4 rings (SSSR count). The molecule has 4 saturated carbocycles. The Bertz CT molecular complexity index is 695. The molecule has 4 aliphatic carbocycles. The second-order valence-corrected chi connectivity index (χ2v) is 13.0. The molecule has 0 aromatic rings. The highest BCUT2D eigenvalue weighted by molar-refractivity contribution is 5.90. The maximum Gasteiger partial charge on any atom is 0.137 e. The number of fused-ring (bicyclic) bond motifs is 5. The van der Waals surface area contributed by atoms with Crippen LogP contribution >= 0.6 is 0 Å². The second-order valence-electron chi connectivity index (χ2n) is 13.0. The lowest BCUT2D eigenvalue weighted by atomic mass is 9.44. The van der Waals surface area contributed by atoms with Gasteiger partial charge < -0.3 is 0 Å². The third-order valence-electron chi connectivity index (χ3n) is 11.5. The topological polar surface area (TPSA) is 34.1 Å². The summed E-state index contributed by atoms with van der Waals surface area (Å²) in [7, 11) is 0. The minimum atomic E-state index is 0.0255. The zero-order valence-electron chi connectivity index (χ0n) is 21.2. The van der Waals surface area contributed by atoms with Gasteiger partial charge in [0.2, 0.25) is 0 Å². The van der Waals surface area contributed by atoms with E-state index in [-0.39, 0.29) is 11.3 Å². The molecule has 31 heavy (non-hydrogen) atoms. The zero-order chi connectivity index (χ0) is 22.6. The standard InChI is InChI=1S/C29H48O2/c1-7-20(18(2)3)9-8-19(4)23-10-11-24-22-17-27(31)26-16-21(30)12-14-29(26,6)25(22)13-15-28(23,24)5/h18-20,22-26H,7-17H2,1-6H3/t19-,20?,22+,23-,24+,25+,26?,28-,29-/m1/s1. The lowest BCUT2D eigenvalue weighted by molar-refractivity contribution is -0.159. The van der Waals surface area contributed by atoms with Crippen molar-refractivity contribution in [3.63, 3.8) is 0 Å². The molecule has 0 amide bonds. The number of ketones is 2. The van der Waals surface area contributed by atoms with Gasteiger partial charge in [0, 0.05) is 25.2 Å². The van der Waals surface area contributed by atoms with E-state index in [2.05, 4.69) is 41.5 Å². The van der Waals surface area contributed by atoms with Crippen molar-refractivity contribution >= 4 is 11.6 Å². The summed E-state index contributed by atoms with van der Waals surface area (Å²) >= 11 is 0. The molecule has 2 nitrogen and oxygen atoms in total. The first-order valence-corrected chi connectivity index (χ1v) is 13.7. The molecular formula is C29H48O2. The van der Waals surface area contributed by atoms with E-state index in [1.165, 1.54) is 44.9 Å². The molecule has 9 atom stereocenters. The van der Waals surface area contributed by atoms with Crippen molar-refractivity contribution in [1.82, 2.24) is 0 Å². The smallest absolute Gasteiger partial charge is 0.137 e. The Morgan fingerprint density at radius 3 is 2.29 bits per heavy atom. The van der Waals surface area contributed by atoms with Crippen LogP contribution in [0.5, 0.6) is 0 Å². The van der Waals surface area contributed by atoms with Crippen molar-refractivity contribution in [2.45, 2.75) is 112 Å². The van der Waals surface area contributed by atoms with Gasteiger partial charge in [-0.1, -0.05) is 54.4 Å². The van der Waals surface area contributed by atoms with E-state index >= 15 is 0 Å². The van der Waals surface area contributed by atoms with Crippen LogP contribution in [0.15, 0.2) is 0 Å². The predicted molar refractivity (Wildman–Crippen MR) is 128 cm³/mol. The lowest BCUT2D eigenvalue weighted by Crippen LogP contribution is -2.56. The summed E-state index contributed by atoms with van der Waals surface area (Å²) in [6, 6.07) is 0. The second kappa shape index (κ2) is 8.60. The Labute approximate surface area is 191 Å². The van der Waals surface area contributed by atoms with Crippen LogP contribution in [0.3, 0.4) is 0 Å². The Kier molecular flexibility index (Phi) is 6.52. The predicted octanol–water partition coefficient (Wildman–Crippen LogP) is 7.49. The molecular weight excluding hydrogens is 380 g/mol. The van der Waals surface area contributed by atoms with Crippen molar-refractivity contribution in [3.05, 3.63) is 0 Å². The Morgan fingerprint density at radius 1 is 0.903 bits per heavy atom. The van der Waals surface area contributed by atoms with Crippen molar-refractivity contribution in [2.24, 2.45) is 58.2 Å². The van der Waals surface area contributed by atoms with Gasteiger partial charge in [-0.3, -0.25) is 9.59 Å². The monoisotopic (exact) mass is 428 g/mol. The quantitative estimate of drug-likeness (QED) is 0.439. The van der Waals surface area contributed by atoms with Crippen LogP contribution in [0.2, 0.25) is 0 Å². The number of Topliss-reactive ketones (excluding diaryl/α,β-unsaturated/α-hetero) is 2. The van der Waals surface area contributed by atoms with Crippen LogP contribution in [-0.2, 0) is 9.59 Å². The van der Waals surface area contributed by atoms with Gasteiger partial charge in [-0.2, -0.15) is 0 Å². The van der Waals surface area contributed by atoms with Crippen molar-refractivity contribution in [3.8, 4) is 0 Å². The molecule has 0 aromatic carbocycles. The molecule has 0 bridgehead atoms. The lowest BCUT2D eigenvalue weighted by Gasteiger charge is -2.59. The van der Waals surface area contributed by atoms with E-state index in [9.17, 15) is 9.59 Å². The Balaban J connectivity index is 1.49. The normalized spacial score (nSPS) is 44.5. The molecule has 2 heteroatoms. The largest absolute Gasteiger partial charge is 0.300 e. The van der Waals surface area contributed by atoms with Crippen molar-refractivity contribution in [1.29, 1.82) is 0 Å². The molecule has 0 aromatic heterocycles. The summed E-state index contributed by atoms with van der Waals surface area (Å²) in [6.45, 7) is 14.7. The molecule has 0 radical (unpaired) electrons. The minimum absolute atomic E-state index is 0.0255. The number of carbonyl (C=O) groups is 2. The summed E-state index contributed by atoms with van der Waals surface area (Å²) < 4.78 is 0. The highest BCUT2D eigenvalue weighted by Crippen LogP contribution is 2.67. The average Bonchev–Trinajstić information content (AvgIpc) is 3.07. The molecule has 0 aliphatic heterocycles. The van der Waals surface area contributed by atoms with E-state index in [0.29, 0.717) is 41.7 Å². The van der Waals surface area contributed by atoms with E-state index in [1.807, 2.05) is 0 Å². The van der Waals surface area contributed by atoms with Gasteiger partial charge in [0.05, 0.1) is 0 Å². The third kappa shape index (κ3) is 3.86. The van der Waals surface area contributed by atoms with Gasteiger partial charge in [-0.25, -0.2) is 0 Å². The first-order valence-electron chi connectivity index (χ1n) is 13.7. The summed E-state index contributed by atoms with van der Waals surface area (Å²) in [5.41, 5.74) is 0.513. The number of hydrogen-bond acceptors (Lipinski definition) is 2. The van der Waals surface area contributed by atoms with Crippen LogP contribution in [0.1, 0.15) is 112 Å². The van der Waals surface area contributed by atoms with Crippen molar-refractivity contribution < 1.29 is 9.59 Å². The van der Waals surface area contributed by atoms with Crippen LogP contribution in [0, 0.1) is 58.2 Å². The fourth-order valence-electron chi connectivity index (χ4n) is 9.50. The molecule has 0 heterocycles. The number of hydrogen-bond donors (Lipinski definition) is 0. The molecule has 2 unspecified atom stereocenters.